The van der Waals surface area contributed by atoms with Crippen molar-refractivity contribution < 1.29 is 0 Å². The Balaban J connectivity index is 1.57. The zero-order valence-corrected chi connectivity index (χ0v) is 12.8. The van der Waals surface area contributed by atoms with Crippen molar-refractivity contribution in [3.63, 3.8) is 0 Å². The molecule has 1 saturated heterocycles. The Morgan fingerprint density at radius 1 is 1.15 bits per heavy atom. The Bertz CT molecular complexity index is 427. The maximum Gasteiger partial charge on any atom is 0.0369 e. The van der Waals surface area contributed by atoms with Crippen LogP contribution in [0.2, 0.25) is 0 Å². The van der Waals surface area contributed by atoms with Crippen LogP contribution >= 0.6 is 0 Å². The molecule has 0 unspecified atom stereocenters. The molecule has 0 amide bonds. The molecule has 1 aromatic rings. The number of nitrogens with zero attached hydrogens (tertiary/aromatic N) is 1. The third-order valence-electron chi connectivity index (χ3n) is 5.00. The molecule has 0 bridgehead atoms. The van der Waals surface area contributed by atoms with Crippen LogP contribution in [0.5, 0.6) is 0 Å². The first kappa shape index (κ1) is 13.9. The van der Waals surface area contributed by atoms with Crippen molar-refractivity contribution >= 4 is 5.69 Å². The van der Waals surface area contributed by atoms with Gasteiger partial charge in [0.2, 0.25) is 0 Å². The molecule has 20 heavy (non-hydrogen) atoms. The van der Waals surface area contributed by atoms with E-state index in [0.717, 1.165) is 13.1 Å². The molecule has 0 atom stereocenters. The van der Waals surface area contributed by atoms with Crippen molar-refractivity contribution in [3.05, 3.63) is 29.8 Å². The Labute approximate surface area is 123 Å². The van der Waals surface area contributed by atoms with E-state index in [1.165, 1.54) is 62.9 Å². The van der Waals surface area contributed by atoms with Crippen LogP contribution in [0.3, 0.4) is 0 Å². The first-order valence-corrected chi connectivity index (χ1v) is 8.36. The Morgan fingerprint density at radius 2 is 1.95 bits per heavy atom. The molecule has 2 heteroatoms. The Hall–Kier alpha value is -1.02. The lowest BCUT2D eigenvalue weighted by Gasteiger charge is -2.53. The monoisotopic (exact) mass is 272 g/mol. The summed E-state index contributed by atoms with van der Waals surface area (Å²) in [6.07, 6.45) is 8.49. The molecular weight excluding hydrogens is 244 g/mol. The van der Waals surface area contributed by atoms with Gasteiger partial charge in [0.1, 0.15) is 0 Å². The van der Waals surface area contributed by atoms with Gasteiger partial charge >= 0.3 is 0 Å². The molecule has 2 fully saturated rings. The maximum atomic E-state index is 3.49. The van der Waals surface area contributed by atoms with Crippen LogP contribution in [0.1, 0.15) is 51.0 Å². The number of hydrogen-bond donors (Lipinski definition) is 1. The van der Waals surface area contributed by atoms with E-state index >= 15 is 0 Å². The molecule has 3 rings (SSSR count). The van der Waals surface area contributed by atoms with Crippen LogP contribution in [-0.4, -0.2) is 19.6 Å². The minimum Gasteiger partial charge on any atom is -0.370 e. The van der Waals surface area contributed by atoms with E-state index < -0.39 is 0 Å². The lowest BCUT2D eigenvalue weighted by Crippen LogP contribution is -2.57. The molecule has 1 N–H and O–H groups in total. The van der Waals surface area contributed by atoms with Gasteiger partial charge in [-0.2, -0.15) is 0 Å². The van der Waals surface area contributed by atoms with E-state index in [1.54, 1.807) is 0 Å². The molecule has 110 valence electrons. The fraction of sp³-hybridized carbons (Fsp3) is 0.667. The summed E-state index contributed by atoms with van der Waals surface area (Å²) >= 11 is 0. The molecule has 1 aliphatic carbocycles. The number of anilines is 1. The predicted molar refractivity (Wildman–Crippen MR) is 86.2 cm³/mol. The molecule has 1 heterocycles. The van der Waals surface area contributed by atoms with Gasteiger partial charge in [-0.25, -0.2) is 0 Å². The highest BCUT2D eigenvalue weighted by molar-refractivity contribution is 5.51. The fourth-order valence-electron chi connectivity index (χ4n) is 3.84. The summed E-state index contributed by atoms with van der Waals surface area (Å²) in [6, 6.07) is 9.10. The minimum atomic E-state index is 0.675. The SMILES string of the molecule is CCCNCc1cccc(N2CC3(CCCCC3)C2)c1. The smallest absolute Gasteiger partial charge is 0.0369 e. The van der Waals surface area contributed by atoms with Gasteiger partial charge in [0.25, 0.3) is 0 Å². The lowest BCUT2D eigenvalue weighted by atomic mass is 9.68. The van der Waals surface area contributed by atoms with E-state index in [2.05, 4.69) is 41.4 Å². The van der Waals surface area contributed by atoms with Crippen molar-refractivity contribution in [3.8, 4) is 0 Å². The van der Waals surface area contributed by atoms with Gasteiger partial charge in [-0.1, -0.05) is 38.3 Å². The largest absolute Gasteiger partial charge is 0.370 e. The summed E-state index contributed by atoms with van der Waals surface area (Å²) in [4.78, 5) is 2.58. The molecule has 2 nitrogen and oxygen atoms in total. The summed E-state index contributed by atoms with van der Waals surface area (Å²) in [5, 5.41) is 3.49. The van der Waals surface area contributed by atoms with Gasteiger partial charge in [-0.05, 0) is 43.5 Å². The first-order valence-electron chi connectivity index (χ1n) is 8.36. The molecule has 1 spiro atoms. The van der Waals surface area contributed by atoms with Gasteiger partial charge in [-0.3, -0.25) is 0 Å². The zero-order chi connectivity index (χ0) is 13.8. The topological polar surface area (TPSA) is 15.3 Å². The van der Waals surface area contributed by atoms with Crippen LogP contribution in [-0.2, 0) is 6.54 Å². The molecule has 0 aromatic heterocycles. The van der Waals surface area contributed by atoms with Gasteiger partial charge in [0.05, 0.1) is 0 Å². The van der Waals surface area contributed by atoms with E-state index in [0.29, 0.717) is 5.41 Å². The minimum absolute atomic E-state index is 0.675. The molecule has 2 aliphatic rings. The van der Waals surface area contributed by atoms with Crippen molar-refractivity contribution in [2.45, 2.75) is 52.0 Å². The summed E-state index contributed by atoms with van der Waals surface area (Å²) in [6.45, 7) is 6.91. The highest BCUT2D eigenvalue weighted by atomic mass is 15.2. The third kappa shape index (κ3) is 3.01. The van der Waals surface area contributed by atoms with Crippen molar-refractivity contribution in [2.24, 2.45) is 5.41 Å². The normalized spacial score (nSPS) is 20.9. The Morgan fingerprint density at radius 3 is 2.70 bits per heavy atom. The Kier molecular flexibility index (Phi) is 4.30. The predicted octanol–water partition coefficient (Wildman–Crippen LogP) is 3.96. The average Bonchev–Trinajstić information content (AvgIpc) is 2.46. The highest BCUT2D eigenvalue weighted by Gasteiger charge is 2.43. The molecule has 1 aliphatic heterocycles. The van der Waals surface area contributed by atoms with Crippen LogP contribution < -0.4 is 10.2 Å². The van der Waals surface area contributed by atoms with E-state index in [1.807, 2.05) is 0 Å². The zero-order valence-electron chi connectivity index (χ0n) is 12.8. The molecule has 1 saturated carbocycles. The second kappa shape index (κ2) is 6.17. The standard InChI is InChI=1S/C18H28N2/c1-2-11-19-13-16-7-6-8-17(12-16)20-14-18(15-20)9-4-3-5-10-18/h6-8,12,19H,2-5,9-11,13-15H2,1H3. The second-order valence-corrected chi connectivity index (χ2v) is 6.76. The number of nitrogens with one attached hydrogen (secondary N) is 1. The van der Waals surface area contributed by atoms with Gasteiger partial charge in [-0.15, -0.1) is 0 Å². The van der Waals surface area contributed by atoms with Crippen molar-refractivity contribution in [1.82, 2.24) is 5.32 Å². The molecule has 1 aromatic carbocycles. The summed E-state index contributed by atoms with van der Waals surface area (Å²) in [5.41, 5.74) is 3.52. The fourth-order valence-corrected chi connectivity index (χ4v) is 3.84. The van der Waals surface area contributed by atoms with Crippen LogP contribution in [0.15, 0.2) is 24.3 Å². The number of rotatable bonds is 5. The third-order valence-corrected chi connectivity index (χ3v) is 5.00. The summed E-state index contributed by atoms with van der Waals surface area (Å²) in [7, 11) is 0. The van der Waals surface area contributed by atoms with Gasteiger partial charge in [0, 0.05) is 30.7 Å². The lowest BCUT2D eigenvalue weighted by molar-refractivity contribution is 0.139. The number of hydrogen-bond acceptors (Lipinski definition) is 2. The highest BCUT2D eigenvalue weighted by Crippen LogP contribution is 2.45. The van der Waals surface area contributed by atoms with Crippen LogP contribution in [0, 0.1) is 5.41 Å². The summed E-state index contributed by atoms with van der Waals surface area (Å²) in [5.74, 6) is 0. The molecule has 0 radical (unpaired) electrons. The van der Waals surface area contributed by atoms with Crippen molar-refractivity contribution in [2.75, 3.05) is 24.5 Å². The first-order chi connectivity index (χ1) is 9.81. The summed E-state index contributed by atoms with van der Waals surface area (Å²) < 4.78 is 0. The molecular formula is C18H28N2. The van der Waals surface area contributed by atoms with Gasteiger partial charge in [0.15, 0.2) is 0 Å². The quantitative estimate of drug-likeness (QED) is 0.816. The average molecular weight is 272 g/mol. The van der Waals surface area contributed by atoms with Crippen molar-refractivity contribution in [1.29, 1.82) is 0 Å². The van der Waals surface area contributed by atoms with Gasteiger partial charge < -0.3 is 10.2 Å². The van der Waals surface area contributed by atoms with E-state index in [-0.39, 0.29) is 0 Å². The maximum absolute atomic E-state index is 3.49. The van der Waals surface area contributed by atoms with E-state index in [9.17, 15) is 0 Å². The number of benzene rings is 1. The second-order valence-electron chi connectivity index (χ2n) is 6.76. The van der Waals surface area contributed by atoms with Crippen LogP contribution in [0.25, 0.3) is 0 Å². The van der Waals surface area contributed by atoms with E-state index in [4.69, 9.17) is 0 Å². The van der Waals surface area contributed by atoms with Crippen LogP contribution in [0.4, 0.5) is 5.69 Å².